The van der Waals surface area contributed by atoms with Crippen molar-refractivity contribution in [2.45, 2.75) is 44.6 Å². The van der Waals surface area contributed by atoms with Gasteiger partial charge in [-0.05, 0) is 62.8 Å². The van der Waals surface area contributed by atoms with Crippen LogP contribution >= 0.6 is 12.4 Å². The van der Waals surface area contributed by atoms with E-state index in [-0.39, 0.29) is 18.3 Å². The van der Waals surface area contributed by atoms with E-state index in [0.29, 0.717) is 11.9 Å². The fourth-order valence-electron chi connectivity index (χ4n) is 5.15. The molecule has 0 radical (unpaired) electrons. The number of fused-ring (bicyclic) bond motifs is 1. The lowest BCUT2D eigenvalue weighted by Crippen LogP contribution is -2.45. The molecule has 1 N–H and O–H groups in total. The van der Waals surface area contributed by atoms with Crippen LogP contribution in [0, 0.1) is 23.7 Å². The maximum absolute atomic E-state index is 12.7. The predicted octanol–water partition coefficient (Wildman–Crippen LogP) is 2.05. The third-order valence-corrected chi connectivity index (χ3v) is 5.80. The highest BCUT2D eigenvalue weighted by Crippen LogP contribution is 2.47. The van der Waals surface area contributed by atoms with Crippen molar-refractivity contribution in [3.63, 3.8) is 0 Å². The van der Waals surface area contributed by atoms with Crippen LogP contribution in [-0.4, -0.2) is 36.5 Å². The summed E-state index contributed by atoms with van der Waals surface area (Å²) in [6, 6.07) is 0.592. The second-order valence-corrected chi connectivity index (χ2v) is 7.11. The zero-order valence-electron chi connectivity index (χ0n) is 11.5. The van der Waals surface area contributed by atoms with Crippen molar-refractivity contribution < 1.29 is 4.79 Å². The number of carbonyl (C=O) groups is 1. The first kappa shape index (κ1) is 13.7. The van der Waals surface area contributed by atoms with Crippen LogP contribution in [0.4, 0.5) is 0 Å². The van der Waals surface area contributed by atoms with Crippen molar-refractivity contribution in [3.8, 4) is 0 Å². The number of nitrogens with zero attached hydrogens (tertiary/aromatic N) is 1. The summed E-state index contributed by atoms with van der Waals surface area (Å²) in [6.45, 7) is 3.02. The van der Waals surface area contributed by atoms with E-state index in [0.717, 1.165) is 43.8 Å². The number of amides is 1. The highest BCUT2D eigenvalue weighted by Gasteiger charge is 2.45. The number of nitrogens with one attached hydrogen (secondary N) is 1. The van der Waals surface area contributed by atoms with E-state index in [2.05, 4.69) is 10.2 Å². The van der Waals surface area contributed by atoms with Gasteiger partial charge in [-0.15, -0.1) is 12.4 Å². The lowest BCUT2D eigenvalue weighted by Gasteiger charge is -2.39. The number of rotatable bonds is 1. The zero-order valence-corrected chi connectivity index (χ0v) is 12.3. The molecule has 108 valence electrons. The molecule has 0 aromatic carbocycles. The summed E-state index contributed by atoms with van der Waals surface area (Å²) in [7, 11) is 0. The van der Waals surface area contributed by atoms with Gasteiger partial charge in [0.15, 0.2) is 0 Å². The van der Waals surface area contributed by atoms with E-state index in [4.69, 9.17) is 0 Å². The molecule has 0 aromatic heterocycles. The quantitative estimate of drug-likeness (QED) is 0.799. The standard InChI is InChI=1S/C15H24N2O.ClH/c18-15(13-1-2-16-8-13)17-9-12-4-10-3-11(5-12)7-14(17)6-10;/h10-14,16H,1-9H2;1H. The minimum absolute atomic E-state index is 0. The highest BCUT2D eigenvalue weighted by atomic mass is 35.5. The van der Waals surface area contributed by atoms with Crippen LogP contribution in [0.25, 0.3) is 0 Å². The molecule has 5 rings (SSSR count). The van der Waals surface area contributed by atoms with Gasteiger partial charge in [-0.3, -0.25) is 4.79 Å². The first-order chi connectivity index (χ1) is 8.79. The molecule has 1 amide bonds. The largest absolute Gasteiger partial charge is 0.339 e. The summed E-state index contributed by atoms with van der Waals surface area (Å²) in [5.41, 5.74) is 0. The molecule has 5 fully saturated rings. The Balaban J connectivity index is 0.00000110. The Labute approximate surface area is 121 Å². The molecule has 3 saturated heterocycles. The van der Waals surface area contributed by atoms with Crippen molar-refractivity contribution in [2.24, 2.45) is 23.7 Å². The Morgan fingerprint density at radius 2 is 1.68 bits per heavy atom. The Hall–Kier alpha value is -0.280. The normalized spacial score (nSPS) is 44.0. The van der Waals surface area contributed by atoms with Crippen molar-refractivity contribution in [1.29, 1.82) is 0 Å². The molecular formula is C15H25ClN2O. The zero-order chi connectivity index (χ0) is 12.1. The molecule has 3 atom stereocenters. The minimum Gasteiger partial charge on any atom is -0.339 e. The van der Waals surface area contributed by atoms with Gasteiger partial charge in [0.2, 0.25) is 5.91 Å². The van der Waals surface area contributed by atoms with Crippen molar-refractivity contribution in [1.82, 2.24) is 10.2 Å². The molecule has 19 heavy (non-hydrogen) atoms. The van der Waals surface area contributed by atoms with Crippen LogP contribution in [0.15, 0.2) is 0 Å². The van der Waals surface area contributed by atoms with Gasteiger partial charge in [0.25, 0.3) is 0 Å². The summed E-state index contributed by atoms with van der Waals surface area (Å²) < 4.78 is 0. The lowest BCUT2D eigenvalue weighted by atomic mass is 9.68. The van der Waals surface area contributed by atoms with Crippen LogP contribution in [0.2, 0.25) is 0 Å². The third-order valence-electron chi connectivity index (χ3n) is 5.80. The van der Waals surface area contributed by atoms with Gasteiger partial charge in [0, 0.05) is 19.1 Å². The highest BCUT2D eigenvalue weighted by molar-refractivity contribution is 5.85. The van der Waals surface area contributed by atoms with Gasteiger partial charge in [0.1, 0.15) is 0 Å². The van der Waals surface area contributed by atoms with Crippen LogP contribution in [0.5, 0.6) is 0 Å². The summed E-state index contributed by atoms with van der Waals surface area (Å²) in [4.78, 5) is 15.0. The first-order valence-corrected chi connectivity index (χ1v) is 7.81. The van der Waals surface area contributed by atoms with E-state index < -0.39 is 0 Å². The summed E-state index contributed by atoms with van der Waals surface area (Å²) >= 11 is 0. The summed E-state index contributed by atoms with van der Waals surface area (Å²) in [5.74, 6) is 3.44. The predicted molar refractivity (Wildman–Crippen MR) is 77.3 cm³/mol. The molecule has 3 heterocycles. The van der Waals surface area contributed by atoms with Crippen LogP contribution in [-0.2, 0) is 4.79 Å². The van der Waals surface area contributed by atoms with Crippen LogP contribution in [0.3, 0.4) is 0 Å². The van der Waals surface area contributed by atoms with Crippen molar-refractivity contribution >= 4 is 18.3 Å². The van der Waals surface area contributed by atoms with Crippen molar-refractivity contribution in [3.05, 3.63) is 0 Å². The second kappa shape index (κ2) is 5.25. The maximum Gasteiger partial charge on any atom is 0.227 e. The molecule has 0 spiro atoms. The van der Waals surface area contributed by atoms with E-state index in [1.165, 1.54) is 32.1 Å². The fraction of sp³-hybridized carbons (Fsp3) is 0.933. The van der Waals surface area contributed by atoms with Gasteiger partial charge in [-0.2, -0.15) is 0 Å². The number of hydrogen-bond donors (Lipinski definition) is 1. The lowest BCUT2D eigenvalue weighted by molar-refractivity contribution is -0.137. The Bertz CT molecular complexity index is 342. The minimum atomic E-state index is 0. The molecule has 3 unspecified atom stereocenters. The molecule has 0 aromatic rings. The average Bonchev–Trinajstić information content (AvgIpc) is 2.80. The molecule has 3 nitrogen and oxygen atoms in total. The molecule has 2 saturated carbocycles. The monoisotopic (exact) mass is 284 g/mol. The van der Waals surface area contributed by atoms with E-state index in [1.54, 1.807) is 0 Å². The Morgan fingerprint density at radius 3 is 2.32 bits per heavy atom. The van der Waals surface area contributed by atoms with Crippen LogP contribution < -0.4 is 5.32 Å². The van der Waals surface area contributed by atoms with Gasteiger partial charge in [-0.1, -0.05) is 0 Å². The Morgan fingerprint density at radius 1 is 1.00 bits per heavy atom. The number of halogens is 1. The van der Waals surface area contributed by atoms with Gasteiger partial charge in [-0.25, -0.2) is 0 Å². The third kappa shape index (κ3) is 2.40. The molecule has 4 heteroatoms. The van der Waals surface area contributed by atoms with Crippen LogP contribution in [0.1, 0.15) is 38.5 Å². The molecule has 5 aliphatic rings. The average molecular weight is 285 g/mol. The van der Waals surface area contributed by atoms with E-state index in [9.17, 15) is 4.79 Å². The first-order valence-electron chi connectivity index (χ1n) is 7.81. The van der Waals surface area contributed by atoms with Crippen molar-refractivity contribution in [2.75, 3.05) is 19.6 Å². The smallest absolute Gasteiger partial charge is 0.227 e. The van der Waals surface area contributed by atoms with E-state index in [1.807, 2.05) is 0 Å². The number of hydrogen-bond acceptors (Lipinski definition) is 2. The van der Waals surface area contributed by atoms with Gasteiger partial charge >= 0.3 is 0 Å². The molecule has 2 aliphatic carbocycles. The Kier molecular flexibility index (Phi) is 3.78. The van der Waals surface area contributed by atoms with E-state index >= 15 is 0 Å². The fourth-order valence-corrected chi connectivity index (χ4v) is 5.15. The molecule has 3 aliphatic heterocycles. The maximum atomic E-state index is 12.7. The molecular weight excluding hydrogens is 260 g/mol. The second-order valence-electron chi connectivity index (χ2n) is 7.11. The number of carbonyl (C=O) groups excluding carboxylic acids is 1. The van der Waals surface area contributed by atoms with Gasteiger partial charge < -0.3 is 10.2 Å². The summed E-state index contributed by atoms with van der Waals surface area (Å²) in [5, 5.41) is 3.34. The van der Waals surface area contributed by atoms with Gasteiger partial charge in [0.05, 0.1) is 5.92 Å². The summed E-state index contributed by atoms with van der Waals surface area (Å²) in [6.07, 6.45) is 7.93. The molecule has 4 bridgehead atoms. The topological polar surface area (TPSA) is 32.3 Å². The SMILES string of the molecule is Cl.O=C(C1CCNC1)N1CC2CC3CC(C2)CC1C3.